The van der Waals surface area contributed by atoms with E-state index in [0.717, 1.165) is 34.3 Å². The van der Waals surface area contributed by atoms with Gasteiger partial charge in [0.05, 0.1) is 11.2 Å². The molecule has 3 heterocycles. The summed E-state index contributed by atoms with van der Waals surface area (Å²) in [5.41, 5.74) is 2.88. The summed E-state index contributed by atoms with van der Waals surface area (Å²) in [5.74, 6) is 0. The van der Waals surface area contributed by atoms with Gasteiger partial charge in [0.2, 0.25) is 0 Å². The fourth-order valence-electron chi connectivity index (χ4n) is 2.05. The third-order valence-corrected chi connectivity index (χ3v) is 3.69. The molecule has 5 nitrogen and oxygen atoms in total. The predicted molar refractivity (Wildman–Crippen MR) is 79.5 cm³/mol. The average molecular weight is 338 g/mol. The Morgan fingerprint density at radius 2 is 2.32 bits per heavy atom. The van der Waals surface area contributed by atoms with Crippen molar-refractivity contribution in [2.75, 3.05) is 0 Å². The zero-order valence-corrected chi connectivity index (χ0v) is 12.7. The van der Waals surface area contributed by atoms with Crippen molar-refractivity contribution in [3.05, 3.63) is 39.5 Å². The SMILES string of the molecule is Cn1ccc(CCn2c(=S)[nH]c3cc(Br)cnc32)n1. The molecule has 1 N–H and O–H groups in total. The van der Waals surface area contributed by atoms with Gasteiger partial charge in [0.25, 0.3) is 0 Å². The van der Waals surface area contributed by atoms with Crippen LogP contribution in [0.4, 0.5) is 0 Å². The quantitative estimate of drug-likeness (QED) is 0.747. The van der Waals surface area contributed by atoms with Crippen LogP contribution in [0.1, 0.15) is 5.69 Å². The number of nitrogens with one attached hydrogen (secondary N) is 1. The van der Waals surface area contributed by atoms with Crippen LogP contribution in [-0.2, 0) is 20.0 Å². The van der Waals surface area contributed by atoms with Crippen LogP contribution in [0.2, 0.25) is 0 Å². The maximum Gasteiger partial charge on any atom is 0.179 e. The smallest absolute Gasteiger partial charge is 0.179 e. The van der Waals surface area contributed by atoms with Gasteiger partial charge in [-0.25, -0.2) is 4.98 Å². The van der Waals surface area contributed by atoms with Crippen molar-refractivity contribution < 1.29 is 0 Å². The van der Waals surface area contributed by atoms with Gasteiger partial charge in [-0.05, 0) is 40.3 Å². The molecular formula is C12H12BrN5S. The Hall–Kier alpha value is -1.47. The fraction of sp³-hybridized carbons (Fsp3) is 0.250. The van der Waals surface area contributed by atoms with Crippen LogP contribution in [0.15, 0.2) is 29.0 Å². The Labute approximate surface area is 123 Å². The molecule has 0 atom stereocenters. The lowest BCUT2D eigenvalue weighted by Crippen LogP contribution is -2.03. The number of aromatic amines is 1. The summed E-state index contributed by atoms with van der Waals surface area (Å²) < 4.78 is 5.44. The zero-order chi connectivity index (χ0) is 13.4. The topological polar surface area (TPSA) is 51.4 Å². The molecule has 0 amide bonds. The fourth-order valence-corrected chi connectivity index (χ4v) is 2.67. The van der Waals surface area contributed by atoms with Gasteiger partial charge in [0.15, 0.2) is 10.4 Å². The number of rotatable bonds is 3. The molecule has 98 valence electrons. The van der Waals surface area contributed by atoms with Crippen molar-refractivity contribution in [1.82, 2.24) is 24.3 Å². The second kappa shape index (κ2) is 4.90. The highest BCUT2D eigenvalue weighted by Gasteiger charge is 2.07. The van der Waals surface area contributed by atoms with Gasteiger partial charge in [0, 0.05) is 36.9 Å². The Morgan fingerprint density at radius 3 is 3.05 bits per heavy atom. The molecule has 0 aliphatic rings. The monoisotopic (exact) mass is 337 g/mol. The molecule has 0 radical (unpaired) electrons. The van der Waals surface area contributed by atoms with Gasteiger partial charge in [-0.2, -0.15) is 5.10 Å². The highest BCUT2D eigenvalue weighted by atomic mass is 79.9. The summed E-state index contributed by atoms with van der Waals surface area (Å²) in [7, 11) is 1.92. The van der Waals surface area contributed by atoms with Gasteiger partial charge < -0.3 is 9.55 Å². The molecule has 0 unspecified atom stereocenters. The summed E-state index contributed by atoms with van der Waals surface area (Å²) in [4.78, 5) is 7.58. The molecular weight excluding hydrogens is 326 g/mol. The number of hydrogen-bond acceptors (Lipinski definition) is 3. The van der Waals surface area contributed by atoms with Crippen molar-refractivity contribution >= 4 is 39.3 Å². The average Bonchev–Trinajstić information content (AvgIpc) is 2.89. The third kappa shape index (κ3) is 2.48. The third-order valence-electron chi connectivity index (χ3n) is 2.94. The molecule has 0 fully saturated rings. The molecule has 7 heteroatoms. The molecule has 0 saturated carbocycles. The van der Waals surface area contributed by atoms with Crippen LogP contribution >= 0.6 is 28.1 Å². The summed E-state index contributed by atoms with van der Waals surface area (Å²) >= 11 is 8.75. The van der Waals surface area contributed by atoms with Gasteiger partial charge in [-0.1, -0.05) is 0 Å². The highest BCUT2D eigenvalue weighted by molar-refractivity contribution is 9.10. The second-order valence-corrected chi connectivity index (χ2v) is 5.64. The van der Waals surface area contributed by atoms with Gasteiger partial charge in [0.1, 0.15) is 0 Å². The van der Waals surface area contributed by atoms with E-state index >= 15 is 0 Å². The molecule has 0 saturated heterocycles. The lowest BCUT2D eigenvalue weighted by Gasteiger charge is -2.02. The van der Waals surface area contributed by atoms with E-state index in [1.54, 1.807) is 10.9 Å². The number of halogens is 1. The molecule has 19 heavy (non-hydrogen) atoms. The van der Waals surface area contributed by atoms with Crippen LogP contribution in [0, 0.1) is 4.77 Å². The molecule has 0 aliphatic heterocycles. The maximum absolute atomic E-state index is 5.34. The van der Waals surface area contributed by atoms with E-state index in [-0.39, 0.29) is 0 Å². The molecule has 3 aromatic rings. The van der Waals surface area contributed by atoms with Crippen molar-refractivity contribution in [1.29, 1.82) is 0 Å². The molecule has 0 aliphatic carbocycles. The minimum atomic E-state index is 0.691. The molecule has 3 aromatic heterocycles. The maximum atomic E-state index is 5.34. The highest BCUT2D eigenvalue weighted by Crippen LogP contribution is 2.17. The first-order chi connectivity index (χ1) is 9.13. The number of aromatic nitrogens is 5. The van der Waals surface area contributed by atoms with Gasteiger partial charge in [-0.3, -0.25) is 4.68 Å². The van der Waals surface area contributed by atoms with Crippen molar-refractivity contribution in [3.8, 4) is 0 Å². The largest absolute Gasteiger partial charge is 0.329 e. The summed E-state index contributed by atoms with van der Waals surface area (Å²) in [6.45, 7) is 0.768. The number of H-pyrrole nitrogens is 1. The lowest BCUT2D eigenvalue weighted by molar-refractivity contribution is 0.668. The first kappa shape index (κ1) is 12.6. The lowest BCUT2D eigenvalue weighted by atomic mass is 10.3. The normalized spacial score (nSPS) is 11.3. The number of hydrogen-bond donors (Lipinski definition) is 1. The predicted octanol–water partition coefficient (Wildman–Crippen LogP) is 2.83. The number of fused-ring (bicyclic) bond motifs is 1. The van der Waals surface area contributed by atoms with E-state index in [0.29, 0.717) is 4.77 Å². The first-order valence-electron chi connectivity index (χ1n) is 5.86. The van der Waals surface area contributed by atoms with Crippen molar-refractivity contribution in [3.63, 3.8) is 0 Å². The van der Waals surface area contributed by atoms with Gasteiger partial charge in [-0.15, -0.1) is 0 Å². The Morgan fingerprint density at radius 1 is 1.47 bits per heavy atom. The summed E-state index contributed by atoms with van der Waals surface area (Å²) in [6, 6.07) is 4.00. The number of imidazole rings is 1. The van der Waals surface area contributed by atoms with Crippen LogP contribution in [-0.4, -0.2) is 24.3 Å². The van der Waals surface area contributed by atoms with Crippen molar-refractivity contribution in [2.45, 2.75) is 13.0 Å². The number of nitrogens with zero attached hydrogens (tertiary/aromatic N) is 4. The molecule has 3 rings (SSSR count). The standard InChI is InChI=1S/C12H12BrN5S/c1-17-4-2-9(16-17)3-5-18-11-10(15-12(18)19)6-8(13)7-14-11/h2,4,6-7H,3,5H2,1H3,(H,15,19). The van der Waals surface area contributed by atoms with E-state index in [2.05, 4.69) is 31.0 Å². The Kier molecular flexibility index (Phi) is 3.24. The van der Waals surface area contributed by atoms with Crippen molar-refractivity contribution in [2.24, 2.45) is 7.05 Å². The second-order valence-electron chi connectivity index (χ2n) is 4.34. The van der Waals surface area contributed by atoms with E-state index in [4.69, 9.17) is 12.2 Å². The Balaban J connectivity index is 1.92. The van der Waals surface area contributed by atoms with Crippen LogP contribution in [0.3, 0.4) is 0 Å². The van der Waals surface area contributed by atoms with Crippen LogP contribution in [0.25, 0.3) is 11.2 Å². The number of aryl methyl sites for hydroxylation is 3. The zero-order valence-electron chi connectivity index (χ0n) is 10.3. The minimum absolute atomic E-state index is 0.691. The first-order valence-corrected chi connectivity index (χ1v) is 7.06. The molecule has 0 bridgehead atoms. The van der Waals surface area contributed by atoms with Gasteiger partial charge >= 0.3 is 0 Å². The van der Waals surface area contributed by atoms with E-state index in [9.17, 15) is 0 Å². The summed E-state index contributed by atoms with van der Waals surface area (Å²) in [5, 5.41) is 4.37. The number of pyridine rings is 1. The summed E-state index contributed by atoms with van der Waals surface area (Å²) in [6.07, 6.45) is 4.56. The van der Waals surface area contributed by atoms with E-state index in [1.807, 2.05) is 29.9 Å². The minimum Gasteiger partial charge on any atom is -0.329 e. The molecule has 0 aromatic carbocycles. The van der Waals surface area contributed by atoms with E-state index < -0.39 is 0 Å². The van der Waals surface area contributed by atoms with Crippen LogP contribution in [0.5, 0.6) is 0 Å². The van der Waals surface area contributed by atoms with Crippen LogP contribution < -0.4 is 0 Å². The Bertz CT molecular complexity index is 785. The molecule has 0 spiro atoms. The van der Waals surface area contributed by atoms with E-state index in [1.165, 1.54) is 0 Å².